The van der Waals surface area contributed by atoms with E-state index in [0.29, 0.717) is 23.6 Å². The van der Waals surface area contributed by atoms with Crippen molar-refractivity contribution in [2.45, 2.75) is 43.4 Å². The molecule has 1 aliphatic carbocycles. The standard InChI is InChI=1S/C28H27ClF3N7O6/c1-44-23(43)19(10-11-20(40)21(33)41)35-22(42)15-2-8-18(9-3-15)34-24-36-25(38-26(37-24)45-14-28(30,31)32)39-27(12-13-27)16-4-6-17(29)7-5-16/h2-9,19H,10-14H2,1H3,(H2,33,41)(H,35,42)(H2,34,36,37,38,39)/t19-/m0/s1. The van der Waals surface area contributed by atoms with Crippen molar-refractivity contribution in [1.29, 1.82) is 0 Å². The van der Waals surface area contributed by atoms with Crippen LogP contribution in [-0.2, 0) is 24.7 Å². The maximum Gasteiger partial charge on any atom is 0.422 e. The number of methoxy groups -OCH3 is 1. The molecule has 1 heterocycles. The predicted molar refractivity (Wildman–Crippen MR) is 154 cm³/mol. The molecule has 4 rings (SSSR count). The lowest BCUT2D eigenvalue weighted by Gasteiger charge is -2.19. The first-order chi connectivity index (χ1) is 21.3. The second-order valence-electron chi connectivity index (χ2n) is 9.96. The van der Waals surface area contributed by atoms with Gasteiger partial charge in [-0.3, -0.25) is 14.4 Å². The van der Waals surface area contributed by atoms with Crippen molar-refractivity contribution in [3.05, 3.63) is 64.7 Å². The zero-order valence-corrected chi connectivity index (χ0v) is 24.4. The molecule has 1 atom stereocenters. The van der Waals surface area contributed by atoms with Crippen LogP contribution >= 0.6 is 11.6 Å². The Labute approximate surface area is 259 Å². The molecule has 0 bridgehead atoms. The van der Waals surface area contributed by atoms with E-state index in [1.807, 2.05) is 12.1 Å². The number of nitrogens with one attached hydrogen (secondary N) is 3. The normalized spacial score (nSPS) is 14.1. The molecule has 1 fully saturated rings. The van der Waals surface area contributed by atoms with Crippen molar-refractivity contribution in [2.24, 2.45) is 5.73 Å². The summed E-state index contributed by atoms with van der Waals surface area (Å²) in [6, 6.07) is 11.0. The van der Waals surface area contributed by atoms with E-state index in [0.717, 1.165) is 12.7 Å². The summed E-state index contributed by atoms with van der Waals surface area (Å²) in [5.41, 5.74) is 5.73. The number of nitrogens with two attached hydrogens (primary N) is 1. The number of rotatable bonds is 14. The van der Waals surface area contributed by atoms with E-state index < -0.39 is 53.9 Å². The Kier molecular flexibility index (Phi) is 10.1. The summed E-state index contributed by atoms with van der Waals surface area (Å²) in [7, 11) is 1.10. The number of ketones is 1. The van der Waals surface area contributed by atoms with Crippen LogP contribution in [0.5, 0.6) is 6.01 Å². The summed E-state index contributed by atoms with van der Waals surface area (Å²) in [6.45, 7) is -1.62. The lowest BCUT2D eigenvalue weighted by molar-refractivity contribution is -0.154. The van der Waals surface area contributed by atoms with Crippen molar-refractivity contribution in [3.8, 4) is 6.01 Å². The highest BCUT2D eigenvalue weighted by molar-refractivity contribution is 6.35. The number of aromatic nitrogens is 3. The SMILES string of the molecule is COC(=O)[C@H](CCC(=O)C(N)=O)NC(=O)c1ccc(Nc2nc(NC3(c4ccc(Cl)cc4)CC3)nc(OCC(F)(F)F)n2)cc1. The zero-order valence-electron chi connectivity index (χ0n) is 23.6. The van der Waals surface area contributed by atoms with Gasteiger partial charge in [-0.25, -0.2) is 4.79 Å². The van der Waals surface area contributed by atoms with Gasteiger partial charge in [0, 0.05) is 22.7 Å². The number of benzene rings is 2. The van der Waals surface area contributed by atoms with Gasteiger partial charge >= 0.3 is 18.2 Å². The Balaban J connectivity index is 1.49. The van der Waals surface area contributed by atoms with Crippen LogP contribution < -0.4 is 26.4 Å². The molecule has 5 N–H and O–H groups in total. The molecule has 0 aliphatic heterocycles. The van der Waals surface area contributed by atoms with E-state index in [9.17, 15) is 32.3 Å². The van der Waals surface area contributed by atoms with Crippen LogP contribution in [-0.4, -0.2) is 64.5 Å². The second kappa shape index (κ2) is 13.8. The third kappa shape index (κ3) is 9.25. The third-order valence-electron chi connectivity index (χ3n) is 6.61. The molecule has 0 radical (unpaired) electrons. The fourth-order valence-electron chi connectivity index (χ4n) is 4.14. The van der Waals surface area contributed by atoms with Gasteiger partial charge in [-0.05, 0) is 61.2 Å². The minimum Gasteiger partial charge on any atom is -0.467 e. The number of halogens is 4. The largest absolute Gasteiger partial charge is 0.467 e. The van der Waals surface area contributed by atoms with E-state index >= 15 is 0 Å². The van der Waals surface area contributed by atoms with Crippen LogP contribution in [0.1, 0.15) is 41.6 Å². The van der Waals surface area contributed by atoms with Gasteiger partial charge in [0.15, 0.2) is 6.61 Å². The van der Waals surface area contributed by atoms with E-state index in [4.69, 9.17) is 22.1 Å². The van der Waals surface area contributed by atoms with E-state index in [-0.39, 0.29) is 30.3 Å². The fraction of sp³-hybridized carbons (Fsp3) is 0.321. The maximum atomic E-state index is 12.9. The van der Waals surface area contributed by atoms with Crippen molar-refractivity contribution in [2.75, 3.05) is 24.4 Å². The Hall–Kier alpha value is -4.99. The lowest BCUT2D eigenvalue weighted by atomic mass is 10.1. The van der Waals surface area contributed by atoms with Gasteiger partial charge in [0.25, 0.3) is 11.8 Å². The summed E-state index contributed by atoms with van der Waals surface area (Å²) in [4.78, 5) is 59.6. The van der Waals surface area contributed by atoms with Gasteiger partial charge in [-0.2, -0.15) is 28.1 Å². The summed E-state index contributed by atoms with van der Waals surface area (Å²) in [6.07, 6.45) is -3.80. The van der Waals surface area contributed by atoms with Gasteiger partial charge in [0.05, 0.1) is 12.6 Å². The molecule has 13 nitrogen and oxygen atoms in total. The molecule has 1 aromatic heterocycles. The van der Waals surface area contributed by atoms with E-state index in [2.05, 4.69) is 35.6 Å². The van der Waals surface area contributed by atoms with Crippen molar-refractivity contribution in [3.63, 3.8) is 0 Å². The number of carbonyl (C=O) groups is 4. The van der Waals surface area contributed by atoms with E-state index in [1.54, 1.807) is 12.1 Å². The molecule has 45 heavy (non-hydrogen) atoms. The summed E-state index contributed by atoms with van der Waals surface area (Å²) in [5, 5.41) is 9.00. The van der Waals surface area contributed by atoms with Crippen LogP contribution in [0.2, 0.25) is 5.02 Å². The number of Topliss-reactive ketones (excluding diaryl/α,β-unsaturated/α-hetero) is 1. The quantitative estimate of drug-likeness (QED) is 0.148. The third-order valence-corrected chi connectivity index (χ3v) is 6.86. The molecule has 3 aromatic rings. The van der Waals surface area contributed by atoms with Gasteiger partial charge in [-0.15, -0.1) is 0 Å². The molecular weight excluding hydrogens is 623 g/mol. The molecule has 1 saturated carbocycles. The number of carbonyl (C=O) groups excluding carboxylic acids is 4. The number of esters is 1. The Morgan fingerprint density at radius 1 is 1.00 bits per heavy atom. The first-order valence-corrected chi connectivity index (χ1v) is 13.7. The zero-order chi connectivity index (χ0) is 32.8. The highest BCUT2D eigenvalue weighted by Crippen LogP contribution is 2.48. The fourth-order valence-corrected chi connectivity index (χ4v) is 4.26. The number of hydrogen-bond donors (Lipinski definition) is 4. The van der Waals surface area contributed by atoms with Crippen molar-refractivity contribution in [1.82, 2.24) is 20.3 Å². The van der Waals surface area contributed by atoms with Crippen LogP contribution in [0.4, 0.5) is 30.8 Å². The van der Waals surface area contributed by atoms with Crippen LogP contribution in [0.15, 0.2) is 48.5 Å². The number of amides is 2. The maximum absolute atomic E-state index is 12.9. The van der Waals surface area contributed by atoms with Crippen molar-refractivity contribution < 1.29 is 41.8 Å². The topological polar surface area (TPSA) is 188 Å². The number of primary amides is 1. The molecule has 0 spiro atoms. The van der Waals surface area contributed by atoms with Crippen LogP contribution in [0.25, 0.3) is 0 Å². The first kappa shape index (κ1) is 32.9. The molecule has 0 saturated heterocycles. The summed E-state index contributed by atoms with van der Waals surface area (Å²) in [5.74, 6) is -3.76. The molecule has 0 unspecified atom stereocenters. The molecule has 2 aromatic carbocycles. The Bertz CT molecular complexity index is 1570. The number of anilines is 3. The van der Waals surface area contributed by atoms with Gasteiger partial charge in [0.1, 0.15) is 6.04 Å². The molecule has 1 aliphatic rings. The predicted octanol–water partition coefficient (Wildman–Crippen LogP) is 3.42. The Morgan fingerprint density at radius 2 is 1.64 bits per heavy atom. The smallest absolute Gasteiger partial charge is 0.422 e. The monoisotopic (exact) mass is 649 g/mol. The number of alkyl halides is 3. The van der Waals surface area contributed by atoms with Crippen LogP contribution in [0, 0.1) is 0 Å². The van der Waals surface area contributed by atoms with Crippen LogP contribution in [0.3, 0.4) is 0 Å². The highest BCUT2D eigenvalue weighted by Gasteiger charge is 2.45. The van der Waals surface area contributed by atoms with E-state index in [1.165, 1.54) is 24.3 Å². The molecule has 238 valence electrons. The van der Waals surface area contributed by atoms with Gasteiger partial charge in [0.2, 0.25) is 17.7 Å². The lowest BCUT2D eigenvalue weighted by Crippen LogP contribution is -2.42. The number of hydrogen-bond acceptors (Lipinski definition) is 11. The number of nitrogens with zero attached hydrogens (tertiary/aromatic N) is 3. The first-order valence-electron chi connectivity index (χ1n) is 13.4. The van der Waals surface area contributed by atoms with Crippen molar-refractivity contribution >= 4 is 52.8 Å². The average Bonchev–Trinajstić information content (AvgIpc) is 3.78. The number of ether oxygens (including phenoxy) is 2. The summed E-state index contributed by atoms with van der Waals surface area (Å²) < 4.78 is 48.0. The Morgan fingerprint density at radius 3 is 2.22 bits per heavy atom. The minimum absolute atomic E-state index is 0.0307. The van der Waals surface area contributed by atoms with Gasteiger partial charge in [-0.1, -0.05) is 23.7 Å². The molecule has 17 heteroatoms. The molecular formula is C28H27ClF3N7O6. The van der Waals surface area contributed by atoms with Gasteiger partial charge < -0.3 is 31.2 Å². The second-order valence-corrected chi connectivity index (χ2v) is 10.4. The highest BCUT2D eigenvalue weighted by atomic mass is 35.5. The molecule has 2 amide bonds. The average molecular weight is 650 g/mol. The minimum atomic E-state index is -4.63. The summed E-state index contributed by atoms with van der Waals surface area (Å²) >= 11 is 6.00.